The van der Waals surface area contributed by atoms with Crippen molar-refractivity contribution in [3.8, 4) is 11.5 Å². The molecule has 0 atom stereocenters. The fraction of sp³-hybridized carbons (Fsp3) is 0.167. The van der Waals surface area contributed by atoms with Gasteiger partial charge >= 0.3 is 0 Å². The van der Waals surface area contributed by atoms with Crippen LogP contribution in [0.2, 0.25) is 5.02 Å². The summed E-state index contributed by atoms with van der Waals surface area (Å²) >= 11 is 6.04. The van der Waals surface area contributed by atoms with Gasteiger partial charge in [0.05, 0.1) is 24.9 Å². The third-order valence-corrected chi connectivity index (χ3v) is 3.85. The molecule has 1 aromatic heterocycles. The molecule has 2 aromatic carbocycles. The molecule has 0 spiro atoms. The lowest BCUT2D eigenvalue weighted by molar-refractivity contribution is 0.112. The van der Waals surface area contributed by atoms with E-state index in [1.54, 1.807) is 31.4 Å². The van der Waals surface area contributed by atoms with Gasteiger partial charge in [0, 0.05) is 22.0 Å². The number of rotatable bonds is 6. The van der Waals surface area contributed by atoms with E-state index in [2.05, 4.69) is 15.3 Å². The van der Waals surface area contributed by atoms with Crippen LogP contribution in [-0.4, -0.2) is 30.0 Å². The number of aldehydes is 1. The highest BCUT2D eigenvalue weighted by Gasteiger charge is 2.13. The summed E-state index contributed by atoms with van der Waals surface area (Å²) in [7, 11) is 1.58. The maximum absolute atomic E-state index is 11.3. The SMILES string of the molecule is CCOc1cc2c(Nc3cc(Cl)ccc3C=O)ncnc2cc1OC. The van der Waals surface area contributed by atoms with Gasteiger partial charge in [0.15, 0.2) is 17.8 Å². The van der Waals surface area contributed by atoms with Crippen LogP contribution in [0.1, 0.15) is 17.3 Å². The number of aromatic nitrogens is 2. The van der Waals surface area contributed by atoms with Gasteiger partial charge in [-0.05, 0) is 31.2 Å². The van der Waals surface area contributed by atoms with Crippen molar-refractivity contribution in [1.29, 1.82) is 0 Å². The average Bonchev–Trinajstić information content (AvgIpc) is 2.62. The van der Waals surface area contributed by atoms with E-state index >= 15 is 0 Å². The highest BCUT2D eigenvalue weighted by molar-refractivity contribution is 6.31. The van der Waals surface area contributed by atoms with E-state index in [0.717, 1.165) is 11.7 Å². The Labute approximate surface area is 149 Å². The van der Waals surface area contributed by atoms with Crippen LogP contribution in [-0.2, 0) is 0 Å². The first-order chi connectivity index (χ1) is 12.2. The number of benzene rings is 2. The van der Waals surface area contributed by atoms with E-state index < -0.39 is 0 Å². The summed E-state index contributed by atoms with van der Waals surface area (Å²) in [4.78, 5) is 19.8. The Bertz CT molecular complexity index is 931. The summed E-state index contributed by atoms with van der Waals surface area (Å²) in [6.45, 7) is 2.40. The van der Waals surface area contributed by atoms with E-state index in [1.807, 2.05) is 13.0 Å². The number of carbonyl (C=O) groups excluding carboxylic acids is 1. The molecule has 1 N–H and O–H groups in total. The summed E-state index contributed by atoms with van der Waals surface area (Å²) in [5.41, 5.74) is 1.73. The number of hydrogen-bond donors (Lipinski definition) is 1. The number of methoxy groups -OCH3 is 1. The van der Waals surface area contributed by atoms with Crippen LogP contribution in [0.5, 0.6) is 11.5 Å². The maximum atomic E-state index is 11.3. The molecule has 0 aliphatic heterocycles. The molecule has 25 heavy (non-hydrogen) atoms. The minimum Gasteiger partial charge on any atom is -0.493 e. The molecule has 0 aliphatic rings. The molecular weight excluding hydrogens is 342 g/mol. The molecule has 0 amide bonds. The van der Waals surface area contributed by atoms with E-state index in [-0.39, 0.29) is 0 Å². The minimum atomic E-state index is 0.481. The van der Waals surface area contributed by atoms with Gasteiger partial charge in [-0.3, -0.25) is 4.79 Å². The predicted octanol–water partition coefficient (Wildman–Crippen LogP) is 4.25. The van der Waals surface area contributed by atoms with E-state index in [4.69, 9.17) is 21.1 Å². The normalized spacial score (nSPS) is 10.5. The Morgan fingerprint density at radius 1 is 1.20 bits per heavy atom. The molecule has 0 unspecified atom stereocenters. The minimum absolute atomic E-state index is 0.481. The Hall–Kier alpha value is -2.86. The van der Waals surface area contributed by atoms with Crippen LogP contribution >= 0.6 is 11.6 Å². The lowest BCUT2D eigenvalue weighted by atomic mass is 10.1. The molecule has 0 saturated carbocycles. The summed E-state index contributed by atoms with van der Waals surface area (Å²) < 4.78 is 11.0. The van der Waals surface area contributed by atoms with Gasteiger partial charge in [0.1, 0.15) is 12.1 Å². The molecule has 3 aromatic rings. The van der Waals surface area contributed by atoms with Crippen molar-refractivity contribution in [3.63, 3.8) is 0 Å². The number of fused-ring (bicyclic) bond motifs is 1. The summed E-state index contributed by atoms with van der Waals surface area (Å²) in [6.07, 6.45) is 2.20. The van der Waals surface area contributed by atoms with Crippen LogP contribution in [0.25, 0.3) is 10.9 Å². The second kappa shape index (κ2) is 7.36. The van der Waals surface area contributed by atoms with Crippen LogP contribution in [0.15, 0.2) is 36.7 Å². The van der Waals surface area contributed by atoms with Gasteiger partial charge in [-0.15, -0.1) is 0 Å². The van der Waals surface area contributed by atoms with Crippen LogP contribution in [0.4, 0.5) is 11.5 Å². The van der Waals surface area contributed by atoms with Crippen molar-refractivity contribution in [1.82, 2.24) is 9.97 Å². The van der Waals surface area contributed by atoms with Crippen molar-refractivity contribution in [2.24, 2.45) is 0 Å². The predicted molar refractivity (Wildman–Crippen MR) is 97.4 cm³/mol. The monoisotopic (exact) mass is 357 g/mol. The van der Waals surface area contributed by atoms with Crippen LogP contribution in [0, 0.1) is 0 Å². The number of carbonyl (C=O) groups is 1. The Kier molecular flexibility index (Phi) is 5.00. The zero-order valence-electron chi connectivity index (χ0n) is 13.7. The third-order valence-electron chi connectivity index (χ3n) is 3.62. The lowest BCUT2D eigenvalue weighted by Crippen LogP contribution is -2.01. The zero-order chi connectivity index (χ0) is 17.8. The number of nitrogens with one attached hydrogen (secondary N) is 1. The molecule has 6 nitrogen and oxygen atoms in total. The molecular formula is C18H16ClN3O3. The van der Waals surface area contributed by atoms with Crippen molar-refractivity contribution >= 4 is 40.3 Å². The first kappa shape index (κ1) is 17.0. The first-order valence-electron chi connectivity index (χ1n) is 7.63. The van der Waals surface area contributed by atoms with Crippen molar-refractivity contribution in [2.45, 2.75) is 6.92 Å². The smallest absolute Gasteiger partial charge is 0.162 e. The average molecular weight is 358 g/mol. The molecule has 0 radical (unpaired) electrons. The molecule has 7 heteroatoms. The number of ether oxygens (including phenoxy) is 2. The van der Waals surface area contributed by atoms with E-state index in [1.165, 1.54) is 6.33 Å². The fourth-order valence-corrected chi connectivity index (χ4v) is 2.63. The van der Waals surface area contributed by atoms with Gasteiger partial charge in [-0.2, -0.15) is 0 Å². The Morgan fingerprint density at radius 3 is 2.76 bits per heavy atom. The third kappa shape index (κ3) is 3.49. The quantitative estimate of drug-likeness (QED) is 0.665. The van der Waals surface area contributed by atoms with Crippen molar-refractivity contribution < 1.29 is 14.3 Å². The Balaban J connectivity index is 2.12. The molecule has 0 fully saturated rings. The highest BCUT2D eigenvalue weighted by Crippen LogP contribution is 2.35. The van der Waals surface area contributed by atoms with E-state index in [9.17, 15) is 4.79 Å². The van der Waals surface area contributed by atoms with Crippen molar-refractivity contribution in [2.75, 3.05) is 19.0 Å². The highest BCUT2D eigenvalue weighted by atomic mass is 35.5. The van der Waals surface area contributed by atoms with Gasteiger partial charge in [0.25, 0.3) is 0 Å². The van der Waals surface area contributed by atoms with Gasteiger partial charge in [-0.25, -0.2) is 9.97 Å². The van der Waals surface area contributed by atoms with Gasteiger partial charge in [-0.1, -0.05) is 11.6 Å². The van der Waals surface area contributed by atoms with Crippen LogP contribution in [0.3, 0.4) is 0 Å². The van der Waals surface area contributed by atoms with Gasteiger partial charge in [0.2, 0.25) is 0 Å². The molecule has 1 heterocycles. The zero-order valence-corrected chi connectivity index (χ0v) is 14.5. The number of halogens is 1. The van der Waals surface area contributed by atoms with E-state index in [0.29, 0.717) is 45.7 Å². The Morgan fingerprint density at radius 2 is 2.04 bits per heavy atom. The maximum Gasteiger partial charge on any atom is 0.162 e. The van der Waals surface area contributed by atoms with Gasteiger partial charge < -0.3 is 14.8 Å². The summed E-state index contributed by atoms with van der Waals surface area (Å²) in [6, 6.07) is 8.57. The molecule has 0 aliphatic carbocycles. The number of hydrogen-bond acceptors (Lipinski definition) is 6. The second-order valence-electron chi connectivity index (χ2n) is 5.15. The number of nitrogens with zero attached hydrogens (tertiary/aromatic N) is 2. The van der Waals surface area contributed by atoms with Crippen LogP contribution < -0.4 is 14.8 Å². The summed E-state index contributed by atoms with van der Waals surface area (Å²) in [5, 5.41) is 4.41. The van der Waals surface area contributed by atoms with Crippen molar-refractivity contribution in [3.05, 3.63) is 47.2 Å². The molecule has 0 bridgehead atoms. The summed E-state index contributed by atoms with van der Waals surface area (Å²) in [5.74, 6) is 1.73. The molecule has 0 saturated heterocycles. The molecule has 3 rings (SSSR count). The largest absolute Gasteiger partial charge is 0.493 e. The molecule has 128 valence electrons. The lowest BCUT2D eigenvalue weighted by Gasteiger charge is -2.14. The standard InChI is InChI=1S/C18H16ClN3O3/c1-3-25-17-7-13-15(8-16(17)24-2)20-10-21-18(13)22-14-6-12(19)5-4-11(14)9-23/h4-10H,3H2,1-2H3,(H,20,21,22). The second-order valence-corrected chi connectivity index (χ2v) is 5.59. The first-order valence-corrected chi connectivity index (χ1v) is 8.01. The fourth-order valence-electron chi connectivity index (χ4n) is 2.46. The topological polar surface area (TPSA) is 73.3 Å². The number of anilines is 2.